The second-order valence-corrected chi connectivity index (χ2v) is 4.20. The first-order valence-corrected chi connectivity index (χ1v) is 5.76. The zero-order valence-corrected chi connectivity index (χ0v) is 8.90. The second kappa shape index (κ2) is 6.31. The minimum Gasteiger partial charge on any atom is -0.463 e. The molecule has 1 aromatic rings. The van der Waals surface area contributed by atoms with E-state index in [0.717, 1.165) is 0 Å². The predicted octanol–water partition coefficient (Wildman–Crippen LogP) is 0.330. The zero-order valence-electron chi connectivity index (χ0n) is 8.09. The predicted molar refractivity (Wildman–Crippen MR) is 55.8 cm³/mol. The topological polar surface area (TPSA) is 63.6 Å². The first-order chi connectivity index (χ1) is 7.24. The zero-order chi connectivity index (χ0) is 11.1. The van der Waals surface area contributed by atoms with Crippen molar-refractivity contribution >= 4 is 16.8 Å². The van der Waals surface area contributed by atoms with Crippen LogP contribution >= 0.6 is 0 Å². The van der Waals surface area contributed by atoms with Crippen LogP contribution in [0, 0.1) is 0 Å². The van der Waals surface area contributed by atoms with Crippen molar-refractivity contribution in [2.24, 2.45) is 0 Å². The molecule has 0 radical (unpaired) electrons. The Balaban J connectivity index is 2.46. The number of carbonyl (C=O) groups excluding carboxylic acids is 1. The van der Waals surface area contributed by atoms with Gasteiger partial charge in [0.25, 0.3) is 0 Å². The minimum atomic E-state index is -1.37. The van der Waals surface area contributed by atoms with Gasteiger partial charge in [-0.25, -0.2) is 0 Å². The van der Waals surface area contributed by atoms with E-state index in [1.165, 1.54) is 0 Å². The molecule has 0 amide bonds. The molecule has 0 aliphatic heterocycles. The second-order valence-electron chi connectivity index (χ2n) is 2.75. The van der Waals surface area contributed by atoms with Crippen molar-refractivity contribution in [3.05, 3.63) is 30.3 Å². The summed E-state index contributed by atoms with van der Waals surface area (Å²) >= 11 is 0. The van der Waals surface area contributed by atoms with Crippen molar-refractivity contribution < 1.29 is 18.8 Å². The number of carbonyl (C=O) groups is 1. The van der Waals surface area contributed by atoms with E-state index in [1.807, 2.05) is 6.07 Å². The quantitative estimate of drug-likeness (QED) is 0.738. The normalized spacial score (nSPS) is 12.1. The monoisotopic (exact) mass is 228 g/mol. The van der Waals surface area contributed by atoms with Crippen LogP contribution in [0.25, 0.3) is 0 Å². The van der Waals surface area contributed by atoms with E-state index in [2.05, 4.69) is 4.74 Å². The molecule has 5 heteroatoms. The van der Waals surface area contributed by atoms with Gasteiger partial charge in [-0.15, -0.1) is 0 Å². The molecule has 0 heterocycles. The smallest absolute Gasteiger partial charge is 0.319 e. The fourth-order valence-electron chi connectivity index (χ4n) is 0.964. The lowest BCUT2D eigenvalue weighted by atomic mass is 10.4. The van der Waals surface area contributed by atoms with Gasteiger partial charge in [0.2, 0.25) is 0 Å². The Morgan fingerprint density at radius 3 is 2.60 bits per heavy atom. The van der Waals surface area contributed by atoms with Gasteiger partial charge in [0.05, 0.1) is 17.4 Å². The van der Waals surface area contributed by atoms with E-state index >= 15 is 0 Å². The number of rotatable bonds is 5. The van der Waals surface area contributed by atoms with E-state index in [1.54, 1.807) is 24.3 Å². The van der Waals surface area contributed by atoms with Gasteiger partial charge in [0, 0.05) is 4.90 Å². The largest absolute Gasteiger partial charge is 0.463 e. The molecule has 1 N–H and O–H groups in total. The fraction of sp³-hybridized carbons (Fsp3) is 0.300. The van der Waals surface area contributed by atoms with E-state index < -0.39 is 16.8 Å². The number of hydrogen-bond acceptors (Lipinski definition) is 4. The molecule has 1 unspecified atom stereocenters. The molecule has 0 aliphatic carbocycles. The van der Waals surface area contributed by atoms with Crippen molar-refractivity contribution in [1.29, 1.82) is 0 Å². The third kappa shape index (κ3) is 4.22. The van der Waals surface area contributed by atoms with Crippen molar-refractivity contribution in [2.45, 2.75) is 4.90 Å². The third-order valence-corrected chi connectivity index (χ3v) is 2.91. The van der Waals surface area contributed by atoms with E-state index in [9.17, 15) is 9.00 Å². The molecule has 4 nitrogen and oxygen atoms in total. The number of benzene rings is 1. The fourth-order valence-corrected chi connectivity index (χ4v) is 1.89. The van der Waals surface area contributed by atoms with Gasteiger partial charge in [-0.2, -0.15) is 0 Å². The van der Waals surface area contributed by atoms with Gasteiger partial charge in [-0.3, -0.25) is 9.00 Å². The molecular formula is C10H12O4S. The molecule has 0 spiro atoms. The van der Waals surface area contributed by atoms with Gasteiger partial charge in [0.1, 0.15) is 12.4 Å². The van der Waals surface area contributed by atoms with Crippen molar-refractivity contribution in [3.63, 3.8) is 0 Å². The van der Waals surface area contributed by atoms with Crippen molar-refractivity contribution in [2.75, 3.05) is 19.0 Å². The number of esters is 1. The Labute approximate surface area is 90.3 Å². The Kier molecular flexibility index (Phi) is 5.00. The SMILES string of the molecule is O=C(CS(=O)c1ccccc1)OCCO. The van der Waals surface area contributed by atoms with Gasteiger partial charge in [-0.1, -0.05) is 18.2 Å². The number of ether oxygens (including phenoxy) is 1. The van der Waals surface area contributed by atoms with Crippen molar-refractivity contribution in [3.8, 4) is 0 Å². The van der Waals surface area contributed by atoms with E-state index in [4.69, 9.17) is 5.11 Å². The standard InChI is InChI=1S/C10H12O4S/c11-6-7-14-10(12)8-15(13)9-4-2-1-3-5-9/h1-5,11H,6-8H2. The van der Waals surface area contributed by atoms with Crippen LogP contribution < -0.4 is 0 Å². The maximum absolute atomic E-state index is 11.6. The van der Waals surface area contributed by atoms with Crippen LogP contribution in [0.3, 0.4) is 0 Å². The van der Waals surface area contributed by atoms with Crippen LogP contribution in [0.5, 0.6) is 0 Å². The summed E-state index contributed by atoms with van der Waals surface area (Å²) in [5.41, 5.74) is 0. The van der Waals surface area contributed by atoms with Crippen LogP contribution in [0.15, 0.2) is 35.2 Å². The van der Waals surface area contributed by atoms with Crippen LogP contribution in [0.4, 0.5) is 0 Å². The number of hydrogen-bond donors (Lipinski definition) is 1. The molecule has 15 heavy (non-hydrogen) atoms. The van der Waals surface area contributed by atoms with Crippen LogP contribution in [-0.4, -0.2) is 34.3 Å². The van der Waals surface area contributed by atoms with Crippen LogP contribution in [0.2, 0.25) is 0 Å². The summed E-state index contributed by atoms with van der Waals surface area (Å²) in [6.45, 7) is -0.269. The van der Waals surface area contributed by atoms with E-state index in [-0.39, 0.29) is 19.0 Å². The third-order valence-electron chi connectivity index (χ3n) is 1.61. The average Bonchev–Trinajstić information content (AvgIpc) is 2.27. The molecule has 1 aromatic carbocycles. The molecule has 0 fully saturated rings. The average molecular weight is 228 g/mol. The summed E-state index contributed by atoms with van der Waals surface area (Å²) in [5, 5.41) is 8.41. The Morgan fingerprint density at radius 1 is 1.33 bits per heavy atom. The lowest BCUT2D eigenvalue weighted by Crippen LogP contribution is -2.16. The molecule has 0 aliphatic rings. The van der Waals surface area contributed by atoms with Crippen molar-refractivity contribution in [1.82, 2.24) is 0 Å². The molecular weight excluding hydrogens is 216 g/mol. The molecule has 82 valence electrons. The summed E-state index contributed by atoms with van der Waals surface area (Å²) in [6, 6.07) is 8.70. The summed E-state index contributed by atoms with van der Waals surface area (Å²) in [5.74, 6) is -0.740. The first-order valence-electron chi connectivity index (χ1n) is 4.44. The highest BCUT2D eigenvalue weighted by Crippen LogP contribution is 2.05. The van der Waals surface area contributed by atoms with Gasteiger partial charge >= 0.3 is 5.97 Å². The molecule has 1 atom stereocenters. The maximum atomic E-state index is 11.6. The lowest BCUT2D eigenvalue weighted by Gasteiger charge is -2.02. The highest BCUT2D eigenvalue weighted by Gasteiger charge is 2.10. The van der Waals surface area contributed by atoms with Crippen LogP contribution in [0.1, 0.15) is 0 Å². The highest BCUT2D eigenvalue weighted by molar-refractivity contribution is 7.85. The number of aliphatic hydroxyl groups is 1. The summed E-state index contributed by atoms with van der Waals surface area (Å²) in [7, 11) is -1.37. The molecule has 0 aromatic heterocycles. The lowest BCUT2D eigenvalue weighted by molar-refractivity contribution is -0.141. The Hall–Kier alpha value is -1.20. The summed E-state index contributed by atoms with van der Waals surface area (Å²) < 4.78 is 16.2. The molecule has 0 saturated heterocycles. The summed E-state index contributed by atoms with van der Waals surface area (Å²) in [4.78, 5) is 11.7. The Bertz CT molecular complexity index is 337. The molecule has 1 rings (SSSR count). The van der Waals surface area contributed by atoms with Crippen LogP contribution in [-0.2, 0) is 20.3 Å². The molecule has 0 bridgehead atoms. The minimum absolute atomic E-state index is 0.0508. The van der Waals surface area contributed by atoms with E-state index in [0.29, 0.717) is 4.90 Å². The first kappa shape index (κ1) is 11.9. The Morgan fingerprint density at radius 2 is 2.00 bits per heavy atom. The van der Waals surface area contributed by atoms with Gasteiger partial charge < -0.3 is 9.84 Å². The molecule has 0 saturated carbocycles. The summed E-state index contributed by atoms with van der Waals surface area (Å²) in [6.07, 6.45) is 0. The van der Waals surface area contributed by atoms with Gasteiger partial charge in [0.15, 0.2) is 0 Å². The highest BCUT2D eigenvalue weighted by atomic mass is 32.2. The van der Waals surface area contributed by atoms with Gasteiger partial charge in [-0.05, 0) is 12.1 Å². The number of aliphatic hydroxyl groups excluding tert-OH is 1. The maximum Gasteiger partial charge on any atom is 0.319 e.